The van der Waals surface area contributed by atoms with Gasteiger partial charge in [0, 0.05) is 10.4 Å². The first-order valence-electron chi connectivity index (χ1n) is 5.66. The molecule has 0 aliphatic heterocycles. The van der Waals surface area contributed by atoms with E-state index in [9.17, 15) is 4.79 Å². The van der Waals surface area contributed by atoms with Crippen molar-refractivity contribution in [1.82, 2.24) is 0 Å². The fraction of sp³-hybridized carbons (Fsp3) is 0.462. The zero-order valence-electron chi connectivity index (χ0n) is 11.0. The third-order valence-corrected chi connectivity index (χ3v) is 2.80. The highest BCUT2D eigenvalue weighted by atomic mass is 79.9. The minimum absolute atomic E-state index is 0.416. The third-order valence-electron chi connectivity index (χ3n) is 1.93. The number of alkyl halides is 1. The van der Waals surface area contributed by atoms with E-state index in [1.54, 1.807) is 13.0 Å². The van der Waals surface area contributed by atoms with Crippen molar-refractivity contribution in [2.24, 2.45) is 0 Å². The Morgan fingerprint density at radius 1 is 1.39 bits per heavy atom. The van der Waals surface area contributed by atoms with E-state index in [4.69, 9.17) is 16.3 Å². The number of ether oxygens (including phenoxy) is 2. The molecule has 0 spiro atoms. The first-order valence-corrected chi connectivity index (χ1v) is 7.16. The lowest BCUT2D eigenvalue weighted by Gasteiger charge is -2.13. The normalized spacial score (nSPS) is 11.0. The van der Waals surface area contributed by atoms with Gasteiger partial charge in [0.1, 0.15) is 5.75 Å². The van der Waals surface area contributed by atoms with Crippen LogP contribution < -0.4 is 4.74 Å². The Morgan fingerprint density at radius 3 is 2.50 bits per heavy atom. The molecule has 5 heteroatoms. The Kier molecular flexibility index (Phi) is 8.85. The smallest absolute Gasteiger partial charge is 0.346 e. The Balaban J connectivity index is 0.00000137. The number of carbonyl (C=O) groups is 1. The minimum Gasteiger partial charge on any atom is -0.479 e. The van der Waals surface area contributed by atoms with E-state index in [0.29, 0.717) is 16.1 Å². The molecule has 1 aromatic carbocycles. The molecule has 1 rings (SSSR count). The largest absolute Gasteiger partial charge is 0.479 e. The molecule has 0 heterocycles. The van der Waals surface area contributed by atoms with Crippen LogP contribution in [0.3, 0.4) is 0 Å². The Hall–Kier alpha value is -0.740. The standard InChI is InChI=1S/C11H12BrClO3.C2H6/c1-7(11(14)15-2)16-10-4-8(6-12)3-9(13)5-10;1-2/h3-5,7H,6H2,1-2H3;1-2H3. The fourth-order valence-electron chi connectivity index (χ4n) is 1.18. The summed E-state index contributed by atoms with van der Waals surface area (Å²) in [5, 5.41) is 1.25. The SMILES string of the molecule is CC.COC(=O)C(C)Oc1cc(Cl)cc(CBr)c1. The van der Waals surface area contributed by atoms with Crippen molar-refractivity contribution in [1.29, 1.82) is 0 Å². The summed E-state index contributed by atoms with van der Waals surface area (Å²) in [6.45, 7) is 5.63. The average Bonchev–Trinajstić information content (AvgIpc) is 2.39. The fourth-order valence-corrected chi connectivity index (χ4v) is 1.76. The average molecular weight is 338 g/mol. The predicted octanol–water partition coefficient (Wildman–Crippen LogP) is 4.20. The van der Waals surface area contributed by atoms with Crippen LogP contribution in [0, 0.1) is 0 Å². The van der Waals surface area contributed by atoms with Crippen LogP contribution in [0.25, 0.3) is 0 Å². The van der Waals surface area contributed by atoms with Crippen LogP contribution in [0.2, 0.25) is 5.02 Å². The minimum atomic E-state index is -0.647. The summed E-state index contributed by atoms with van der Waals surface area (Å²) in [7, 11) is 1.32. The monoisotopic (exact) mass is 336 g/mol. The van der Waals surface area contributed by atoms with Gasteiger partial charge < -0.3 is 9.47 Å². The van der Waals surface area contributed by atoms with Crippen LogP contribution in [0.5, 0.6) is 5.75 Å². The molecule has 1 unspecified atom stereocenters. The van der Waals surface area contributed by atoms with Gasteiger partial charge in [0.15, 0.2) is 6.10 Å². The molecular weight excluding hydrogens is 319 g/mol. The van der Waals surface area contributed by atoms with E-state index in [1.165, 1.54) is 7.11 Å². The van der Waals surface area contributed by atoms with E-state index in [2.05, 4.69) is 20.7 Å². The summed E-state index contributed by atoms with van der Waals surface area (Å²) >= 11 is 9.24. The van der Waals surface area contributed by atoms with Gasteiger partial charge in [0.05, 0.1) is 7.11 Å². The number of benzene rings is 1. The summed E-state index contributed by atoms with van der Waals surface area (Å²) in [5.74, 6) is 0.139. The number of carbonyl (C=O) groups excluding carboxylic acids is 1. The molecule has 3 nitrogen and oxygen atoms in total. The van der Waals surface area contributed by atoms with E-state index >= 15 is 0 Å². The maximum atomic E-state index is 11.2. The summed E-state index contributed by atoms with van der Waals surface area (Å²) in [5.41, 5.74) is 0.986. The molecule has 0 fully saturated rings. The van der Waals surface area contributed by atoms with Gasteiger partial charge in [-0.1, -0.05) is 41.4 Å². The third kappa shape index (κ3) is 5.74. The van der Waals surface area contributed by atoms with Crippen LogP contribution in [0.4, 0.5) is 0 Å². The Labute approximate surface area is 122 Å². The van der Waals surface area contributed by atoms with Gasteiger partial charge in [0.2, 0.25) is 0 Å². The highest BCUT2D eigenvalue weighted by Crippen LogP contribution is 2.23. The summed E-state index contributed by atoms with van der Waals surface area (Å²) in [4.78, 5) is 11.2. The summed E-state index contributed by atoms with van der Waals surface area (Å²) in [6.07, 6.45) is -0.647. The second-order valence-electron chi connectivity index (χ2n) is 3.21. The molecular formula is C13H18BrClO3. The zero-order chi connectivity index (χ0) is 14.1. The molecule has 0 saturated carbocycles. The maximum absolute atomic E-state index is 11.2. The van der Waals surface area contributed by atoms with E-state index in [-0.39, 0.29) is 0 Å². The number of rotatable bonds is 4. The van der Waals surface area contributed by atoms with Gasteiger partial charge in [0.25, 0.3) is 0 Å². The van der Waals surface area contributed by atoms with Crippen LogP contribution in [0.1, 0.15) is 26.3 Å². The topological polar surface area (TPSA) is 35.5 Å². The molecule has 18 heavy (non-hydrogen) atoms. The molecule has 0 aromatic heterocycles. The Bertz CT molecular complexity index is 382. The van der Waals surface area contributed by atoms with Crippen LogP contribution >= 0.6 is 27.5 Å². The van der Waals surface area contributed by atoms with Gasteiger partial charge in [-0.2, -0.15) is 0 Å². The number of halogens is 2. The van der Waals surface area contributed by atoms with Crippen molar-refractivity contribution in [2.75, 3.05) is 7.11 Å². The van der Waals surface area contributed by atoms with Crippen molar-refractivity contribution in [2.45, 2.75) is 32.2 Å². The van der Waals surface area contributed by atoms with Gasteiger partial charge in [-0.3, -0.25) is 0 Å². The number of esters is 1. The van der Waals surface area contributed by atoms with Crippen LogP contribution in [0.15, 0.2) is 18.2 Å². The van der Waals surface area contributed by atoms with Crippen molar-refractivity contribution in [3.05, 3.63) is 28.8 Å². The second kappa shape index (κ2) is 9.22. The van der Waals surface area contributed by atoms with E-state index in [0.717, 1.165) is 5.56 Å². The van der Waals surface area contributed by atoms with Crippen LogP contribution in [-0.4, -0.2) is 19.2 Å². The molecule has 0 N–H and O–H groups in total. The van der Waals surface area contributed by atoms with Crippen LogP contribution in [-0.2, 0) is 14.9 Å². The highest BCUT2D eigenvalue weighted by Gasteiger charge is 2.15. The molecule has 0 aliphatic rings. The highest BCUT2D eigenvalue weighted by molar-refractivity contribution is 9.08. The summed E-state index contributed by atoms with van der Waals surface area (Å²) < 4.78 is 9.98. The van der Waals surface area contributed by atoms with Crippen molar-refractivity contribution >= 4 is 33.5 Å². The lowest BCUT2D eigenvalue weighted by molar-refractivity contribution is -0.147. The van der Waals surface area contributed by atoms with Gasteiger partial charge in [-0.15, -0.1) is 0 Å². The van der Waals surface area contributed by atoms with Crippen molar-refractivity contribution < 1.29 is 14.3 Å². The second-order valence-corrected chi connectivity index (χ2v) is 4.21. The molecule has 0 bridgehead atoms. The molecule has 1 aromatic rings. The zero-order valence-corrected chi connectivity index (χ0v) is 13.3. The first kappa shape index (κ1) is 17.3. The van der Waals surface area contributed by atoms with Crippen molar-refractivity contribution in [3.8, 4) is 5.75 Å². The lowest BCUT2D eigenvalue weighted by Crippen LogP contribution is -2.24. The van der Waals surface area contributed by atoms with Gasteiger partial charge in [-0.05, 0) is 30.7 Å². The van der Waals surface area contributed by atoms with Gasteiger partial charge >= 0.3 is 5.97 Å². The first-order chi connectivity index (χ1) is 8.56. The Morgan fingerprint density at radius 2 is 2.00 bits per heavy atom. The molecule has 0 amide bonds. The van der Waals surface area contributed by atoms with E-state index in [1.807, 2.05) is 26.0 Å². The number of hydrogen-bond donors (Lipinski definition) is 0. The van der Waals surface area contributed by atoms with E-state index < -0.39 is 12.1 Å². The number of hydrogen-bond acceptors (Lipinski definition) is 3. The van der Waals surface area contributed by atoms with Gasteiger partial charge in [-0.25, -0.2) is 4.79 Å². The quantitative estimate of drug-likeness (QED) is 0.610. The lowest BCUT2D eigenvalue weighted by atomic mass is 10.2. The maximum Gasteiger partial charge on any atom is 0.346 e. The molecule has 102 valence electrons. The molecule has 0 radical (unpaired) electrons. The number of methoxy groups -OCH3 is 1. The summed E-state index contributed by atoms with van der Waals surface area (Å²) in [6, 6.07) is 5.30. The molecule has 0 saturated heterocycles. The predicted molar refractivity (Wildman–Crippen MR) is 77.5 cm³/mol. The molecule has 1 atom stereocenters. The van der Waals surface area contributed by atoms with Crippen molar-refractivity contribution in [3.63, 3.8) is 0 Å². The molecule has 0 aliphatic carbocycles.